The number of hydrogen-bond acceptors (Lipinski definition) is 2. The molecule has 3 aromatic carbocycles. The van der Waals surface area contributed by atoms with Crippen molar-refractivity contribution in [3.8, 4) is 0 Å². The van der Waals surface area contributed by atoms with Crippen LogP contribution in [0.5, 0.6) is 0 Å². The van der Waals surface area contributed by atoms with Gasteiger partial charge in [-0.05, 0) is 55.3 Å². The average Bonchev–Trinajstić information content (AvgIpc) is 3.14. The number of carbonyl (C=O) groups excluding carboxylic acids is 2. The number of para-hydroxylation sites is 1. The smallest absolute Gasteiger partial charge is 0.254 e. The summed E-state index contributed by atoms with van der Waals surface area (Å²) in [6.07, 6.45) is 1.82. The first kappa shape index (κ1) is 21.3. The molecule has 0 bridgehead atoms. The summed E-state index contributed by atoms with van der Waals surface area (Å²) >= 11 is 0. The van der Waals surface area contributed by atoms with E-state index in [4.69, 9.17) is 5.73 Å². The highest BCUT2D eigenvalue weighted by Crippen LogP contribution is 2.26. The number of benzene rings is 3. The summed E-state index contributed by atoms with van der Waals surface area (Å²) < 4.78 is 15.3. The zero-order valence-corrected chi connectivity index (χ0v) is 17.9. The average molecular weight is 429 g/mol. The minimum absolute atomic E-state index is 0.228. The molecule has 0 aliphatic rings. The van der Waals surface area contributed by atoms with Crippen molar-refractivity contribution in [1.82, 2.24) is 9.88 Å². The second-order valence-corrected chi connectivity index (χ2v) is 8.34. The Bertz CT molecular complexity index is 1310. The van der Waals surface area contributed by atoms with Crippen molar-refractivity contribution in [3.63, 3.8) is 0 Å². The monoisotopic (exact) mass is 429 g/mol. The summed E-state index contributed by atoms with van der Waals surface area (Å²) in [6, 6.07) is 20.9. The van der Waals surface area contributed by atoms with Gasteiger partial charge in [-0.1, -0.05) is 42.5 Å². The maximum absolute atomic E-state index is 13.3. The molecular formula is C26H24FN3O2. The quantitative estimate of drug-likeness (QED) is 0.470. The summed E-state index contributed by atoms with van der Waals surface area (Å²) in [4.78, 5) is 24.9. The zero-order chi connectivity index (χ0) is 22.9. The van der Waals surface area contributed by atoms with Crippen LogP contribution >= 0.6 is 0 Å². The first-order valence-corrected chi connectivity index (χ1v) is 10.3. The van der Waals surface area contributed by atoms with E-state index in [0.717, 1.165) is 22.0 Å². The molecule has 0 unspecified atom stereocenters. The molecular weight excluding hydrogens is 405 g/mol. The van der Waals surface area contributed by atoms with Crippen LogP contribution in [0.2, 0.25) is 0 Å². The van der Waals surface area contributed by atoms with Crippen LogP contribution in [0.25, 0.3) is 10.9 Å². The van der Waals surface area contributed by atoms with Crippen LogP contribution in [0.3, 0.4) is 0 Å². The number of carbonyl (C=O) groups is 2. The standard InChI is InChI=1S/C26H24FN3O2/c1-26(2,19-7-5-6-18(14-19)24(28)31)29-25(32)22-16-30(23-9-4-3-8-21(22)23)15-17-10-12-20(27)13-11-17/h3-14,16H,15H2,1-2H3,(H2,28,31)(H,29,32). The fraction of sp³-hybridized carbons (Fsp3) is 0.154. The lowest BCUT2D eigenvalue weighted by molar-refractivity contribution is 0.0913. The van der Waals surface area contributed by atoms with Crippen LogP contribution in [-0.4, -0.2) is 16.4 Å². The molecule has 0 saturated heterocycles. The fourth-order valence-corrected chi connectivity index (χ4v) is 3.83. The van der Waals surface area contributed by atoms with E-state index in [1.807, 2.05) is 54.9 Å². The topological polar surface area (TPSA) is 77.1 Å². The number of rotatable bonds is 6. The van der Waals surface area contributed by atoms with Gasteiger partial charge in [-0.3, -0.25) is 9.59 Å². The van der Waals surface area contributed by atoms with Crippen LogP contribution in [-0.2, 0) is 12.1 Å². The van der Waals surface area contributed by atoms with E-state index >= 15 is 0 Å². The number of nitrogens with zero attached hydrogens (tertiary/aromatic N) is 1. The van der Waals surface area contributed by atoms with E-state index in [1.54, 1.807) is 30.3 Å². The van der Waals surface area contributed by atoms with Crippen molar-refractivity contribution in [3.05, 3.63) is 107 Å². The number of nitrogens with two attached hydrogens (primary N) is 1. The second-order valence-electron chi connectivity index (χ2n) is 8.34. The highest BCUT2D eigenvalue weighted by Gasteiger charge is 2.26. The third kappa shape index (κ3) is 4.25. The first-order chi connectivity index (χ1) is 15.2. The number of primary amides is 1. The number of fused-ring (bicyclic) bond motifs is 1. The molecule has 0 spiro atoms. The largest absolute Gasteiger partial charge is 0.366 e. The molecule has 0 radical (unpaired) electrons. The van der Waals surface area contributed by atoms with Crippen LogP contribution in [0.4, 0.5) is 4.39 Å². The molecule has 4 aromatic rings. The molecule has 0 fully saturated rings. The number of nitrogens with one attached hydrogen (secondary N) is 1. The van der Waals surface area contributed by atoms with E-state index in [9.17, 15) is 14.0 Å². The predicted octanol–water partition coefficient (Wildman–Crippen LogP) is 4.59. The Morgan fingerprint density at radius 3 is 2.44 bits per heavy atom. The second kappa shape index (κ2) is 8.30. The summed E-state index contributed by atoms with van der Waals surface area (Å²) in [5.74, 6) is -1.03. The van der Waals surface area contributed by atoms with Gasteiger partial charge in [0.2, 0.25) is 5.91 Å². The van der Waals surface area contributed by atoms with E-state index in [0.29, 0.717) is 17.7 Å². The van der Waals surface area contributed by atoms with Crippen LogP contribution < -0.4 is 11.1 Å². The zero-order valence-electron chi connectivity index (χ0n) is 17.9. The molecule has 3 N–H and O–H groups in total. The molecule has 0 aliphatic heterocycles. The predicted molar refractivity (Wildman–Crippen MR) is 123 cm³/mol. The first-order valence-electron chi connectivity index (χ1n) is 10.3. The van der Waals surface area contributed by atoms with Gasteiger partial charge < -0.3 is 15.6 Å². The molecule has 1 heterocycles. The highest BCUT2D eigenvalue weighted by molar-refractivity contribution is 6.07. The number of halogens is 1. The molecule has 2 amide bonds. The van der Waals surface area contributed by atoms with Gasteiger partial charge in [-0.2, -0.15) is 0 Å². The molecule has 0 saturated carbocycles. The minimum Gasteiger partial charge on any atom is -0.366 e. The third-order valence-electron chi connectivity index (χ3n) is 5.59. The van der Waals surface area contributed by atoms with E-state index < -0.39 is 11.4 Å². The maximum Gasteiger partial charge on any atom is 0.254 e. The van der Waals surface area contributed by atoms with Crippen molar-refractivity contribution >= 4 is 22.7 Å². The molecule has 32 heavy (non-hydrogen) atoms. The lowest BCUT2D eigenvalue weighted by atomic mass is 9.92. The van der Waals surface area contributed by atoms with Gasteiger partial charge in [0.25, 0.3) is 5.91 Å². The van der Waals surface area contributed by atoms with Gasteiger partial charge in [-0.25, -0.2) is 4.39 Å². The van der Waals surface area contributed by atoms with Gasteiger partial charge in [-0.15, -0.1) is 0 Å². The van der Waals surface area contributed by atoms with Gasteiger partial charge in [0.15, 0.2) is 0 Å². The Labute approximate surface area is 185 Å². The lowest BCUT2D eigenvalue weighted by Crippen LogP contribution is -2.41. The van der Waals surface area contributed by atoms with Crippen LogP contribution in [0.1, 0.15) is 45.7 Å². The molecule has 6 heteroatoms. The van der Waals surface area contributed by atoms with Crippen molar-refractivity contribution < 1.29 is 14.0 Å². The van der Waals surface area contributed by atoms with E-state index in [1.165, 1.54) is 12.1 Å². The number of aromatic nitrogens is 1. The van der Waals surface area contributed by atoms with Crippen molar-refractivity contribution in [1.29, 1.82) is 0 Å². The normalized spacial score (nSPS) is 11.5. The maximum atomic E-state index is 13.3. The molecule has 0 aliphatic carbocycles. The van der Waals surface area contributed by atoms with Crippen molar-refractivity contribution in [2.75, 3.05) is 0 Å². The Hall–Kier alpha value is -3.93. The Kier molecular flexibility index (Phi) is 5.53. The highest BCUT2D eigenvalue weighted by atomic mass is 19.1. The van der Waals surface area contributed by atoms with Crippen LogP contribution in [0, 0.1) is 5.82 Å². The Morgan fingerprint density at radius 2 is 1.72 bits per heavy atom. The molecule has 0 atom stereocenters. The molecule has 5 nitrogen and oxygen atoms in total. The number of hydrogen-bond donors (Lipinski definition) is 2. The van der Waals surface area contributed by atoms with Gasteiger partial charge in [0.05, 0.1) is 11.1 Å². The van der Waals surface area contributed by atoms with Crippen molar-refractivity contribution in [2.45, 2.75) is 25.9 Å². The summed E-state index contributed by atoms with van der Waals surface area (Å²) in [5.41, 5.74) is 8.23. The summed E-state index contributed by atoms with van der Waals surface area (Å²) in [6.45, 7) is 4.27. The summed E-state index contributed by atoms with van der Waals surface area (Å²) in [5, 5.41) is 3.91. The minimum atomic E-state index is -0.733. The van der Waals surface area contributed by atoms with E-state index in [2.05, 4.69) is 5.32 Å². The lowest BCUT2D eigenvalue weighted by Gasteiger charge is -2.27. The third-order valence-corrected chi connectivity index (χ3v) is 5.59. The molecule has 1 aromatic heterocycles. The number of amides is 2. The van der Waals surface area contributed by atoms with Gasteiger partial charge in [0, 0.05) is 29.2 Å². The van der Waals surface area contributed by atoms with E-state index in [-0.39, 0.29) is 11.7 Å². The SMILES string of the molecule is CC(C)(NC(=O)c1cn(Cc2ccc(F)cc2)c2ccccc12)c1cccc(C(N)=O)c1. The van der Waals surface area contributed by atoms with Gasteiger partial charge in [0.1, 0.15) is 5.82 Å². The Morgan fingerprint density at radius 1 is 1.00 bits per heavy atom. The molecule has 4 rings (SSSR count). The Balaban J connectivity index is 1.66. The van der Waals surface area contributed by atoms with Crippen LogP contribution in [0.15, 0.2) is 79.0 Å². The van der Waals surface area contributed by atoms with Gasteiger partial charge >= 0.3 is 0 Å². The van der Waals surface area contributed by atoms with Crippen molar-refractivity contribution in [2.24, 2.45) is 5.73 Å². The fourth-order valence-electron chi connectivity index (χ4n) is 3.83. The summed E-state index contributed by atoms with van der Waals surface area (Å²) in [7, 11) is 0. The molecule has 162 valence electrons.